The number of H-pyrrole nitrogens is 1. The number of alkyl halides is 1. The summed E-state index contributed by atoms with van der Waals surface area (Å²) in [6, 6.07) is 1.90. The third kappa shape index (κ3) is 14.1. The Morgan fingerprint density at radius 1 is 0.792 bits per heavy atom. The average molecular weight is 755 g/mol. The molecule has 4 fully saturated rings. The molecular weight excluding hydrogens is 679 g/mol. The number of aliphatic hydroxyl groups excluding tert-OH is 6. The second-order valence-electron chi connectivity index (χ2n) is 17.2. The first-order valence-electron chi connectivity index (χ1n) is 21.6. The van der Waals surface area contributed by atoms with Crippen LogP contribution in [0.25, 0.3) is 0 Å². The van der Waals surface area contributed by atoms with Gasteiger partial charge in [-0.15, -0.1) is 0 Å². The summed E-state index contributed by atoms with van der Waals surface area (Å²) in [5.74, 6) is -0.743. The third-order valence-corrected chi connectivity index (χ3v) is 12.5. The van der Waals surface area contributed by atoms with Crippen molar-refractivity contribution in [2.45, 2.75) is 228 Å². The number of ether oxygens (including phenoxy) is 2. The van der Waals surface area contributed by atoms with Crippen LogP contribution in [-0.2, 0) is 15.9 Å². The van der Waals surface area contributed by atoms with Gasteiger partial charge in [-0.05, 0) is 56.4 Å². The molecule has 53 heavy (non-hydrogen) atoms. The van der Waals surface area contributed by atoms with Crippen LogP contribution < -0.4 is 0 Å². The minimum atomic E-state index is -1.57. The molecule has 1 aliphatic heterocycles. The van der Waals surface area contributed by atoms with E-state index in [1.807, 2.05) is 6.07 Å². The summed E-state index contributed by atoms with van der Waals surface area (Å²) in [7, 11) is 0. The van der Waals surface area contributed by atoms with Crippen LogP contribution in [0.15, 0.2) is 6.07 Å². The van der Waals surface area contributed by atoms with E-state index in [9.17, 15) is 35.0 Å². The van der Waals surface area contributed by atoms with Gasteiger partial charge in [0, 0.05) is 5.69 Å². The van der Waals surface area contributed by atoms with Crippen LogP contribution in [0.4, 0.5) is 4.39 Å². The quantitative estimate of drug-likeness (QED) is 0.0392. The van der Waals surface area contributed by atoms with Crippen LogP contribution in [-0.4, -0.2) is 103 Å². The Morgan fingerprint density at radius 2 is 1.34 bits per heavy atom. The van der Waals surface area contributed by atoms with Gasteiger partial charge in [-0.1, -0.05) is 129 Å². The highest BCUT2D eigenvalue weighted by Gasteiger charge is 2.68. The Labute approximate surface area is 318 Å². The molecule has 2 bridgehead atoms. The van der Waals surface area contributed by atoms with Gasteiger partial charge in [0.2, 0.25) is 0 Å². The number of rotatable bonds is 31. The normalized spacial score (nSPS) is 29.8. The molecule has 3 saturated carbocycles. The van der Waals surface area contributed by atoms with Gasteiger partial charge in [0.05, 0.1) is 37.0 Å². The zero-order chi connectivity index (χ0) is 38.1. The number of unbranched alkanes of at least 4 members (excludes halogenated alkanes) is 18. The zero-order valence-electron chi connectivity index (χ0n) is 32.8. The molecule has 0 aromatic carbocycles. The Kier molecular flexibility index (Phi) is 19.4. The van der Waals surface area contributed by atoms with Crippen molar-refractivity contribution in [3.05, 3.63) is 17.5 Å². The summed E-state index contributed by atoms with van der Waals surface area (Å²) in [5.41, 5.74) is 1.07. The van der Waals surface area contributed by atoms with Gasteiger partial charge in [-0.2, -0.15) is 5.10 Å². The van der Waals surface area contributed by atoms with Crippen molar-refractivity contribution in [2.24, 2.45) is 5.41 Å². The number of aromatic amines is 1. The number of aromatic nitrogens is 2. The fraction of sp³-hybridized carbons (Fsp3) is 0.929. The molecule has 0 amide bonds. The molecule has 5 unspecified atom stereocenters. The van der Waals surface area contributed by atoms with Crippen LogP contribution in [0.1, 0.15) is 185 Å². The highest BCUT2D eigenvalue weighted by Crippen LogP contribution is 2.71. The van der Waals surface area contributed by atoms with Crippen LogP contribution in [0.5, 0.6) is 0 Å². The molecule has 0 radical (unpaired) electrons. The van der Waals surface area contributed by atoms with Crippen LogP contribution in [0, 0.1) is 5.41 Å². The monoisotopic (exact) mass is 755 g/mol. The van der Waals surface area contributed by atoms with E-state index in [0.29, 0.717) is 17.5 Å². The van der Waals surface area contributed by atoms with E-state index in [4.69, 9.17) is 9.47 Å². The molecule has 308 valence electrons. The molecule has 3 aliphatic carbocycles. The highest BCUT2D eigenvalue weighted by atomic mass is 19.1. The van der Waals surface area contributed by atoms with E-state index in [-0.39, 0.29) is 6.61 Å². The van der Waals surface area contributed by atoms with Gasteiger partial charge in [0.25, 0.3) is 0 Å². The molecule has 5 rings (SSSR count). The number of aryl methyl sites for hydroxylation is 1. The van der Waals surface area contributed by atoms with Gasteiger partial charge in [0.15, 0.2) is 6.29 Å². The largest absolute Gasteiger partial charge is 0.394 e. The topological polar surface area (TPSA) is 169 Å². The van der Waals surface area contributed by atoms with Crippen LogP contribution in [0.3, 0.4) is 0 Å². The summed E-state index contributed by atoms with van der Waals surface area (Å²) in [6.07, 6.45) is 19.6. The highest BCUT2D eigenvalue weighted by molar-refractivity contribution is 5.18. The molecule has 1 saturated heterocycles. The van der Waals surface area contributed by atoms with Crippen molar-refractivity contribution in [3.63, 3.8) is 0 Å². The summed E-state index contributed by atoms with van der Waals surface area (Å²) in [5, 5.41) is 70.5. The lowest BCUT2D eigenvalue weighted by Gasteiger charge is -2.66. The van der Waals surface area contributed by atoms with Gasteiger partial charge >= 0.3 is 0 Å². The molecular formula is C42H75FN2O8. The van der Waals surface area contributed by atoms with E-state index < -0.39 is 61.1 Å². The SMILES string of the molecule is CCCCCCCCCCCCCC[C@@H](O)[C@@H](O)[C@H](COC1OC(CO)C(O)C(O)C1O)c1cc(CCCCCCCCCCC23CC(F)(C2)C3)[nH]n1. The predicted molar refractivity (Wildman–Crippen MR) is 204 cm³/mol. The summed E-state index contributed by atoms with van der Waals surface area (Å²) in [4.78, 5) is 0. The number of hydrogen-bond donors (Lipinski definition) is 7. The number of halogens is 1. The standard InChI is InChI=1S/C42H75FN2O8/c1-2-3-4-5-6-7-8-9-10-14-17-20-23-34(47)36(48)32(27-52-40-39(51)38(50)37(49)35(26-46)53-40)33-25-31(44-45-33)22-19-16-13-11-12-15-18-21-24-41-28-42(43,29-41)30-41/h25,32,34-40,46-51H,2-24,26-30H2,1H3,(H,44,45)/t32-,34-,35?,36+,37?,38?,39?,40?,41?,42?/m1/s1. The maximum Gasteiger partial charge on any atom is 0.186 e. The maximum atomic E-state index is 13.7. The second-order valence-corrected chi connectivity index (χ2v) is 17.2. The van der Waals surface area contributed by atoms with Crippen molar-refractivity contribution >= 4 is 0 Å². The minimum absolute atomic E-state index is 0.165. The van der Waals surface area contributed by atoms with Gasteiger partial charge in [-0.25, -0.2) is 4.39 Å². The summed E-state index contributed by atoms with van der Waals surface area (Å²) < 4.78 is 25.1. The van der Waals surface area contributed by atoms with E-state index in [1.54, 1.807) is 0 Å². The van der Waals surface area contributed by atoms with Crippen molar-refractivity contribution in [1.29, 1.82) is 0 Å². The van der Waals surface area contributed by atoms with Crippen molar-refractivity contribution < 1.29 is 44.5 Å². The van der Waals surface area contributed by atoms with Gasteiger partial charge < -0.3 is 40.1 Å². The lowest BCUT2D eigenvalue weighted by molar-refractivity contribution is -0.303. The lowest BCUT2D eigenvalue weighted by atomic mass is 9.41. The fourth-order valence-electron chi connectivity index (χ4n) is 9.10. The lowest BCUT2D eigenvalue weighted by Crippen LogP contribution is -2.64. The van der Waals surface area contributed by atoms with Crippen LogP contribution >= 0.6 is 0 Å². The first-order valence-corrected chi connectivity index (χ1v) is 21.6. The van der Waals surface area contributed by atoms with E-state index in [1.165, 1.54) is 103 Å². The predicted octanol–water partition coefficient (Wildman–Crippen LogP) is 7.07. The molecule has 0 spiro atoms. The van der Waals surface area contributed by atoms with Gasteiger partial charge in [-0.3, -0.25) is 5.10 Å². The summed E-state index contributed by atoms with van der Waals surface area (Å²) >= 11 is 0. The fourth-order valence-corrected chi connectivity index (χ4v) is 9.10. The number of nitrogens with zero attached hydrogens (tertiary/aromatic N) is 1. The second kappa shape index (κ2) is 23.1. The Hall–Kier alpha value is -1.18. The molecule has 7 N–H and O–H groups in total. The molecule has 4 aliphatic rings. The Balaban J connectivity index is 1.16. The molecule has 2 heterocycles. The maximum absolute atomic E-state index is 13.7. The van der Waals surface area contributed by atoms with Crippen molar-refractivity contribution in [1.82, 2.24) is 10.2 Å². The van der Waals surface area contributed by atoms with E-state index in [2.05, 4.69) is 17.1 Å². The van der Waals surface area contributed by atoms with Crippen molar-refractivity contribution in [2.75, 3.05) is 13.2 Å². The van der Waals surface area contributed by atoms with E-state index in [0.717, 1.165) is 63.5 Å². The first-order chi connectivity index (χ1) is 25.6. The summed E-state index contributed by atoms with van der Waals surface area (Å²) in [6.45, 7) is 1.51. The Bertz CT molecular complexity index is 1100. The zero-order valence-corrected chi connectivity index (χ0v) is 32.8. The number of hydrogen-bond acceptors (Lipinski definition) is 9. The molecule has 11 heteroatoms. The van der Waals surface area contributed by atoms with Gasteiger partial charge in [0.1, 0.15) is 30.1 Å². The Morgan fingerprint density at radius 3 is 1.91 bits per heavy atom. The number of aliphatic hydroxyl groups is 6. The average Bonchev–Trinajstić information content (AvgIpc) is 3.59. The van der Waals surface area contributed by atoms with Crippen molar-refractivity contribution in [3.8, 4) is 0 Å². The molecule has 10 nitrogen and oxygen atoms in total. The third-order valence-electron chi connectivity index (χ3n) is 12.5. The molecule has 1 aromatic heterocycles. The number of nitrogens with one attached hydrogen (secondary N) is 1. The smallest absolute Gasteiger partial charge is 0.186 e. The first kappa shape index (κ1) is 44.5. The minimum Gasteiger partial charge on any atom is -0.394 e. The molecule has 1 aromatic rings. The van der Waals surface area contributed by atoms with Crippen LogP contribution in [0.2, 0.25) is 0 Å². The molecule has 8 atom stereocenters. The van der Waals surface area contributed by atoms with E-state index >= 15 is 0 Å².